The highest BCUT2D eigenvalue weighted by Crippen LogP contribution is 2.66. The number of hydrogen-bond acceptors (Lipinski definition) is 1. The van der Waals surface area contributed by atoms with Crippen LogP contribution < -0.4 is 4.90 Å². The van der Waals surface area contributed by atoms with E-state index in [2.05, 4.69) is 0 Å². The number of benzene rings is 2. The van der Waals surface area contributed by atoms with Crippen LogP contribution in [0.4, 0.5) is 104 Å². The molecule has 22 heteroatoms. The lowest BCUT2D eigenvalue weighted by Gasteiger charge is -2.44. The van der Waals surface area contributed by atoms with E-state index in [4.69, 9.17) is 0 Å². The van der Waals surface area contributed by atoms with Crippen LogP contribution in [0.1, 0.15) is 24.0 Å². The molecule has 0 fully saturated rings. The molecular weight excluding hydrogens is 737 g/mol. The van der Waals surface area contributed by atoms with Crippen LogP contribution in [0.3, 0.4) is 0 Å². The molecule has 1 aliphatic heterocycles. The third-order valence-electron chi connectivity index (χ3n) is 7.35. The Morgan fingerprint density at radius 2 is 0.694 bits per heavy atom. The molecule has 0 atom stereocenters. The van der Waals surface area contributed by atoms with E-state index in [-0.39, 0.29) is 11.4 Å². The van der Waals surface area contributed by atoms with Crippen molar-refractivity contribution in [3.8, 4) is 0 Å². The van der Waals surface area contributed by atoms with Gasteiger partial charge in [-0.05, 0) is 29.7 Å². The number of fused-ring (bicyclic) bond motifs is 2. The summed E-state index contributed by atoms with van der Waals surface area (Å²) in [6.07, 6.45) is -9.09. The first-order chi connectivity index (χ1) is 21.8. The molecule has 0 aliphatic carbocycles. The fourth-order valence-corrected chi connectivity index (χ4v) is 4.51. The predicted octanol–water partition coefficient (Wildman–Crippen LogP) is 11.4. The number of hydrogen-bond donors (Lipinski definition) is 0. The zero-order chi connectivity index (χ0) is 38.1. The largest absolute Gasteiger partial charge is 0.460 e. The lowest BCUT2D eigenvalue weighted by Crippen LogP contribution is -2.76. The van der Waals surface area contributed by atoms with E-state index in [1.807, 2.05) is 0 Å². The second kappa shape index (κ2) is 11.8. The smallest absolute Gasteiger partial charge is 0.341 e. The first-order valence-electron chi connectivity index (χ1n) is 12.9. The lowest BCUT2D eigenvalue weighted by molar-refractivity contribution is -0.474. The van der Waals surface area contributed by atoms with Gasteiger partial charge in [-0.15, -0.1) is 0 Å². The topological polar surface area (TPSA) is 3.24 Å². The summed E-state index contributed by atoms with van der Waals surface area (Å²) in [4.78, 5) is 1.14. The molecule has 276 valence electrons. The number of anilines is 2. The van der Waals surface area contributed by atoms with E-state index in [1.165, 1.54) is 60.7 Å². The number of alkyl halides is 21. The van der Waals surface area contributed by atoms with E-state index >= 15 is 0 Å². The van der Waals surface area contributed by atoms with Crippen LogP contribution >= 0.6 is 0 Å². The Hall–Kier alpha value is -3.49. The first kappa shape index (κ1) is 39.9. The summed E-state index contributed by atoms with van der Waals surface area (Å²) in [6, 6.07) is 11.4. The molecule has 0 spiro atoms. The van der Waals surface area contributed by atoms with Crippen LogP contribution in [-0.4, -0.2) is 66.0 Å². The molecule has 0 saturated heterocycles. The van der Waals surface area contributed by atoms with Gasteiger partial charge in [0.05, 0.1) is 0 Å². The molecule has 0 bridgehead atoms. The maximum atomic E-state index is 14.5. The van der Waals surface area contributed by atoms with Crippen molar-refractivity contribution >= 4 is 23.5 Å². The molecule has 0 saturated carbocycles. The van der Waals surface area contributed by atoms with Gasteiger partial charge < -0.3 is 4.90 Å². The van der Waals surface area contributed by atoms with Gasteiger partial charge in [-0.2, -0.15) is 92.2 Å². The quantitative estimate of drug-likeness (QED) is 0.195. The van der Waals surface area contributed by atoms with Crippen molar-refractivity contribution in [3.63, 3.8) is 0 Å². The van der Waals surface area contributed by atoms with Crippen molar-refractivity contribution < 1.29 is 92.2 Å². The molecule has 1 aliphatic rings. The van der Waals surface area contributed by atoms with Gasteiger partial charge in [-0.3, -0.25) is 0 Å². The highest BCUT2D eigenvalue weighted by Gasteiger charge is 2.97. The molecular formula is C27H16F21N. The van der Waals surface area contributed by atoms with Gasteiger partial charge in [0.1, 0.15) is 0 Å². The van der Waals surface area contributed by atoms with Crippen LogP contribution in [0.25, 0.3) is 12.2 Å². The average Bonchev–Trinajstić information content (AvgIpc) is 3.12. The van der Waals surface area contributed by atoms with E-state index in [0.29, 0.717) is 11.1 Å². The number of nitrogens with zero attached hydrogens (tertiary/aromatic N) is 1. The van der Waals surface area contributed by atoms with Gasteiger partial charge in [-0.1, -0.05) is 48.6 Å². The minimum absolute atomic E-state index is 0.173. The SMILES string of the molecule is FC(F)(F)C(F)(F)C(F)(F)C(F)(F)C(F)(F)C(F)(F)C(F)(F)C(F)(F)C(F)(F)C(F)(F)CCCN1c2ccccc2C=Cc2ccccc21. The van der Waals surface area contributed by atoms with Gasteiger partial charge in [0.2, 0.25) is 0 Å². The monoisotopic (exact) mass is 753 g/mol. The van der Waals surface area contributed by atoms with Crippen molar-refractivity contribution in [3.05, 3.63) is 59.7 Å². The molecule has 2 aromatic carbocycles. The third-order valence-corrected chi connectivity index (χ3v) is 7.35. The summed E-state index contributed by atoms with van der Waals surface area (Å²) >= 11 is 0. The van der Waals surface area contributed by atoms with E-state index < -0.39 is 78.9 Å². The minimum atomic E-state index is -9.18. The molecule has 1 heterocycles. The zero-order valence-electron chi connectivity index (χ0n) is 23.3. The molecule has 0 N–H and O–H groups in total. The number of rotatable bonds is 12. The van der Waals surface area contributed by atoms with Crippen molar-refractivity contribution in [1.29, 1.82) is 0 Å². The summed E-state index contributed by atoms with van der Waals surface area (Å²) in [7, 11) is 0. The van der Waals surface area contributed by atoms with Gasteiger partial charge in [0, 0.05) is 24.3 Å². The Labute approximate surface area is 260 Å². The Bertz CT molecular complexity index is 1490. The molecule has 2 aromatic rings. The Morgan fingerprint density at radius 1 is 0.388 bits per heavy atom. The lowest BCUT2D eigenvalue weighted by atomic mass is 9.85. The normalized spacial score (nSPS) is 16.0. The van der Waals surface area contributed by atoms with Crippen LogP contribution in [0.15, 0.2) is 48.5 Å². The highest BCUT2D eigenvalue weighted by atomic mass is 19.4. The Morgan fingerprint density at radius 3 is 1.04 bits per heavy atom. The molecule has 1 nitrogen and oxygen atoms in total. The molecule has 0 radical (unpaired) electrons. The standard InChI is InChI=1S/C27H16F21N/c28-18(29,12-5-13-49-16-8-3-1-6-14(16)10-11-15-7-2-4-9-17(15)49)19(30,31)20(32,33)21(34,35)22(36,37)23(38,39)24(40,41)25(42,43)26(44,45)27(46,47)48/h1-4,6-11H,5,12-13H2. The second-order valence-corrected chi connectivity index (χ2v) is 10.5. The molecule has 49 heavy (non-hydrogen) atoms. The fourth-order valence-electron chi connectivity index (χ4n) is 4.51. The summed E-state index contributed by atoms with van der Waals surface area (Å²) < 4.78 is 287. The van der Waals surface area contributed by atoms with Crippen molar-refractivity contribution in [1.82, 2.24) is 0 Å². The van der Waals surface area contributed by atoms with Crippen LogP contribution in [-0.2, 0) is 0 Å². The second-order valence-electron chi connectivity index (χ2n) is 10.5. The Balaban J connectivity index is 1.96. The predicted molar refractivity (Wildman–Crippen MR) is 129 cm³/mol. The molecule has 0 amide bonds. The van der Waals surface area contributed by atoms with Crippen LogP contribution in [0, 0.1) is 0 Å². The van der Waals surface area contributed by atoms with Crippen LogP contribution in [0.5, 0.6) is 0 Å². The minimum Gasteiger partial charge on any atom is -0.341 e. The summed E-state index contributed by atoms with van der Waals surface area (Å²) in [5, 5.41) is 0. The van der Waals surface area contributed by atoms with Crippen molar-refractivity contribution in [2.24, 2.45) is 0 Å². The zero-order valence-corrected chi connectivity index (χ0v) is 23.3. The summed E-state index contributed by atoms with van der Waals surface area (Å²) in [5.74, 6) is -76.9. The number of para-hydroxylation sites is 2. The summed E-state index contributed by atoms with van der Waals surface area (Å²) in [5.41, 5.74) is 1.07. The van der Waals surface area contributed by atoms with E-state index in [0.717, 1.165) is 4.90 Å². The van der Waals surface area contributed by atoms with Crippen LogP contribution in [0.2, 0.25) is 0 Å². The van der Waals surface area contributed by atoms with Crippen molar-refractivity contribution in [2.45, 2.75) is 72.3 Å². The molecule has 0 aromatic heterocycles. The van der Waals surface area contributed by atoms with Crippen molar-refractivity contribution in [2.75, 3.05) is 11.4 Å². The highest BCUT2D eigenvalue weighted by molar-refractivity contribution is 5.88. The Kier molecular flexibility index (Phi) is 9.62. The number of halogens is 21. The first-order valence-corrected chi connectivity index (χ1v) is 12.9. The van der Waals surface area contributed by atoms with E-state index in [1.54, 1.807) is 0 Å². The average molecular weight is 753 g/mol. The molecule has 0 unspecified atom stereocenters. The van der Waals surface area contributed by atoms with Gasteiger partial charge in [0.15, 0.2) is 0 Å². The van der Waals surface area contributed by atoms with E-state index in [9.17, 15) is 92.2 Å². The molecule has 3 rings (SSSR count). The summed E-state index contributed by atoms with van der Waals surface area (Å²) in [6.45, 7) is -0.855. The third kappa shape index (κ3) is 5.63. The van der Waals surface area contributed by atoms with Gasteiger partial charge >= 0.3 is 59.5 Å². The maximum Gasteiger partial charge on any atom is 0.460 e. The maximum absolute atomic E-state index is 14.5. The van der Waals surface area contributed by atoms with Gasteiger partial charge in [0.25, 0.3) is 0 Å². The van der Waals surface area contributed by atoms with Gasteiger partial charge in [-0.25, -0.2) is 0 Å². The fraction of sp³-hybridized carbons (Fsp3) is 0.481.